The summed E-state index contributed by atoms with van der Waals surface area (Å²) in [6.45, 7) is 0. The lowest BCUT2D eigenvalue weighted by Crippen LogP contribution is -2.17. The van der Waals surface area contributed by atoms with Crippen LogP contribution < -0.4 is 5.73 Å². The van der Waals surface area contributed by atoms with E-state index in [9.17, 15) is 8.78 Å². The largest absolute Gasteiger partial charge is 0.379 e. The molecule has 1 aromatic carbocycles. The van der Waals surface area contributed by atoms with E-state index >= 15 is 0 Å². The van der Waals surface area contributed by atoms with Gasteiger partial charge in [0, 0.05) is 23.2 Å². The van der Waals surface area contributed by atoms with Crippen LogP contribution in [-0.4, -0.2) is 19.8 Å². The van der Waals surface area contributed by atoms with Crippen molar-refractivity contribution in [2.45, 2.75) is 17.7 Å². The Labute approximate surface area is 169 Å². The molecular weight excluding hydrogens is 392 g/mol. The van der Waals surface area contributed by atoms with Gasteiger partial charge in [-0.05, 0) is 48.2 Å². The predicted molar refractivity (Wildman–Crippen MR) is 109 cm³/mol. The number of pyridine rings is 1. The molecule has 1 fully saturated rings. The Morgan fingerprint density at radius 2 is 2.17 bits per heavy atom. The topological polar surface area (TPSA) is 79.5 Å². The second-order valence-electron chi connectivity index (χ2n) is 7.16. The van der Waals surface area contributed by atoms with Gasteiger partial charge in [0.2, 0.25) is 0 Å². The number of thioether (sulfide) groups is 1. The second kappa shape index (κ2) is 6.71. The third-order valence-electron chi connectivity index (χ3n) is 5.18. The minimum atomic E-state index is -0.545. The number of hydrogen-bond acceptors (Lipinski definition) is 5. The maximum absolute atomic E-state index is 14.8. The van der Waals surface area contributed by atoms with Gasteiger partial charge in [-0.15, -0.1) is 0 Å². The number of halogens is 2. The molecule has 2 aliphatic rings. The van der Waals surface area contributed by atoms with Crippen molar-refractivity contribution in [2.75, 3.05) is 0 Å². The molecule has 5 rings (SSSR count). The molecular formula is C21H15F2N5S. The maximum atomic E-state index is 14.8. The molecule has 0 saturated heterocycles. The lowest BCUT2D eigenvalue weighted by Gasteiger charge is -2.19. The Hall–Kier alpha value is -3.18. The zero-order valence-corrected chi connectivity index (χ0v) is 15.9. The number of imidazole rings is 1. The summed E-state index contributed by atoms with van der Waals surface area (Å²) < 4.78 is 30.9. The molecule has 2 aromatic heterocycles. The van der Waals surface area contributed by atoms with E-state index in [1.54, 1.807) is 28.8 Å². The average molecular weight is 407 g/mol. The first kappa shape index (κ1) is 17.9. The molecule has 3 aromatic rings. The van der Waals surface area contributed by atoms with Gasteiger partial charge in [-0.2, -0.15) is 5.26 Å². The smallest absolute Gasteiger partial charge is 0.154 e. The normalized spacial score (nSPS) is 23.4. The van der Waals surface area contributed by atoms with Gasteiger partial charge in [0.05, 0.1) is 11.6 Å². The highest BCUT2D eigenvalue weighted by molar-refractivity contribution is 8.14. The van der Waals surface area contributed by atoms with Crippen LogP contribution in [0.5, 0.6) is 0 Å². The molecule has 0 radical (unpaired) electrons. The number of fused-ring (bicyclic) bond motifs is 2. The number of nitrogens with zero attached hydrogens (tertiary/aromatic N) is 4. The Morgan fingerprint density at radius 1 is 1.31 bits per heavy atom. The van der Waals surface area contributed by atoms with Crippen LogP contribution in [0.1, 0.15) is 34.8 Å². The van der Waals surface area contributed by atoms with E-state index in [1.165, 1.54) is 36.2 Å². The Balaban J connectivity index is 1.49. The van der Waals surface area contributed by atoms with E-state index < -0.39 is 5.83 Å². The number of aliphatic imine (C=N–C) groups is 1. The Kier molecular flexibility index (Phi) is 4.14. The SMILES string of the molecule is N#Cc1ccc2nc(/C(F)=C/c3ccc(F)c(C4N=C(N)SC5CC54)c3)cn2c1. The number of hydrogen-bond donors (Lipinski definition) is 1. The summed E-state index contributed by atoms with van der Waals surface area (Å²) in [4.78, 5) is 8.66. The van der Waals surface area contributed by atoms with Crippen molar-refractivity contribution in [1.29, 1.82) is 5.26 Å². The fourth-order valence-electron chi connectivity index (χ4n) is 3.65. The molecule has 1 aliphatic heterocycles. The third-order valence-corrected chi connectivity index (χ3v) is 6.37. The summed E-state index contributed by atoms with van der Waals surface area (Å²) in [5.74, 6) is -0.631. The third kappa shape index (κ3) is 3.28. The van der Waals surface area contributed by atoms with Gasteiger partial charge in [-0.25, -0.2) is 13.8 Å². The number of nitriles is 1. The van der Waals surface area contributed by atoms with Crippen molar-refractivity contribution in [3.05, 3.63) is 70.9 Å². The zero-order valence-electron chi connectivity index (χ0n) is 15.1. The zero-order chi connectivity index (χ0) is 20.1. The quantitative estimate of drug-likeness (QED) is 0.702. The van der Waals surface area contributed by atoms with Crippen LogP contribution in [0.4, 0.5) is 8.78 Å². The van der Waals surface area contributed by atoms with E-state index in [1.807, 2.05) is 6.07 Å². The summed E-state index contributed by atoms with van der Waals surface area (Å²) in [6, 6.07) is 9.48. The molecule has 2 N–H and O–H groups in total. The van der Waals surface area contributed by atoms with E-state index in [-0.39, 0.29) is 23.5 Å². The monoisotopic (exact) mass is 407 g/mol. The molecule has 1 saturated carbocycles. The van der Waals surface area contributed by atoms with Crippen molar-refractivity contribution in [1.82, 2.24) is 9.38 Å². The van der Waals surface area contributed by atoms with Gasteiger partial charge >= 0.3 is 0 Å². The van der Waals surface area contributed by atoms with E-state index in [0.29, 0.717) is 32.8 Å². The number of amidine groups is 1. The molecule has 29 heavy (non-hydrogen) atoms. The number of rotatable bonds is 3. The van der Waals surface area contributed by atoms with Crippen molar-refractivity contribution < 1.29 is 8.78 Å². The molecule has 144 valence electrons. The van der Waals surface area contributed by atoms with E-state index in [0.717, 1.165) is 6.42 Å². The standard InChI is InChI=1S/C21H15F2N5S/c22-15-3-1-11(5-13(15)20-14-7-18(14)29-21(25)27-20)6-16(23)17-10-28-9-12(8-24)2-4-19(28)26-17/h1-6,9-10,14,18,20H,7H2,(H2,25,27)/b16-6-. The van der Waals surface area contributed by atoms with Crippen molar-refractivity contribution in [3.63, 3.8) is 0 Å². The van der Waals surface area contributed by atoms with Crippen LogP contribution in [0, 0.1) is 23.1 Å². The lowest BCUT2D eigenvalue weighted by molar-refractivity contribution is 0.555. The minimum absolute atomic E-state index is 0.143. The minimum Gasteiger partial charge on any atom is -0.379 e. The molecule has 5 nitrogen and oxygen atoms in total. The van der Waals surface area contributed by atoms with Gasteiger partial charge in [0.25, 0.3) is 0 Å². The van der Waals surface area contributed by atoms with Crippen LogP contribution >= 0.6 is 11.8 Å². The Bertz CT molecular complexity index is 1240. The fraction of sp³-hybridized carbons (Fsp3) is 0.190. The summed E-state index contributed by atoms with van der Waals surface area (Å²) in [6.07, 6.45) is 5.39. The predicted octanol–water partition coefficient (Wildman–Crippen LogP) is 4.30. The number of nitrogens with two attached hydrogens (primary N) is 1. The maximum Gasteiger partial charge on any atom is 0.154 e. The van der Waals surface area contributed by atoms with Gasteiger partial charge < -0.3 is 10.1 Å². The van der Waals surface area contributed by atoms with Gasteiger partial charge in [-0.1, -0.05) is 17.8 Å². The molecule has 0 spiro atoms. The number of benzene rings is 1. The molecule has 8 heteroatoms. The van der Waals surface area contributed by atoms with Crippen LogP contribution in [-0.2, 0) is 0 Å². The first-order valence-corrected chi connectivity index (χ1v) is 9.95. The fourth-order valence-corrected chi connectivity index (χ4v) is 4.77. The summed E-state index contributed by atoms with van der Waals surface area (Å²) in [5.41, 5.74) is 7.97. The second-order valence-corrected chi connectivity index (χ2v) is 8.42. The number of aromatic nitrogens is 2. The molecule has 0 amide bonds. The lowest BCUT2D eigenvalue weighted by atomic mass is 9.99. The Morgan fingerprint density at radius 3 is 3.00 bits per heavy atom. The van der Waals surface area contributed by atoms with Crippen molar-refractivity contribution in [3.8, 4) is 6.07 Å². The molecule has 3 unspecified atom stereocenters. The van der Waals surface area contributed by atoms with E-state index in [2.05, 4.69) is 9.98 Å². The molecule has 0 bridgehead atoms. The van der Waals surface area contributed by atoms with Crippen LogP contribution in [0.3, 0.4) is 0 Å². The van der Waals surface area contributed by atoms with Crippen molar-refractivity contribution in [2.24, 2.45) is 16.6 Å². The average Bonchev–Trinajstić information content (AvgIpc) is 3.36. The summed E-state index contributed by atoms with van der Waals surface area (Å²) >= 11 is 1.54. The first-order chi connectivity index (χ1) is 14.0. The van der Waals surface area contributed by atoms with Crippen LogP contribution in [0.25, 0.3) is 17.6 Å². The summed E-state index contributed by atoms with van der Waals surface area (Å²) in [7, 11) is 0. The highest BCUT2D eigenvalue weighted by atomic mass is 32.2. The molecule has 1 aliphatic carbocycles. The molecule has 3 heterocycles. The van der Waals surface area contributed by atoms with Crippen molar-refractivity contribution >= 4 is 34.5 Å². The highest BCUT2D eigenvalue weighted by Crippen LogP contribution is 2.54. The van der Waals surface area contributed by atoms with Gasteiger partial charge in [0.15, 0.2) is 11.0 Å². The van der Waals surface area contributed by atoms with Gasteiger partial charge in [0.1, 0.15) is 23.2 Å². The van der Waals surface area contributed by atoms with Crippen LogP contribution in [0.15, 0.2) is 47.7 Å². The van der Waals surface area contributed by atoms with Crippen LogP contribution in [0.2, 0.25) is 0 Å². The highest BCUT2D eigenvalue weighted by Gasteiger charge is 2.48. The van der Waals surface area contributed by atoms with Gasteiger partial charge in [-0.3, -0.25) is 4.99 Å². The van der Waals surface area contributed by atoms with E-state index in [4.69, 9.17) is 11.0 Å². The molecule has 3 atom stereocenters. The summed E-state index contributed by atoms with van der Waals surface area (Å²) in [5, 5.41) is 9.85. The first-order valence-electron chi connectivity index (χ1n) is 9.07.